The third-order valence-corrected chi connectivity index (χ3v) is 7.63. The van der Waals surface area contributed by atoms with E-state index in [1.165, 1.54) is 27.8 Å². The molecule has 170 valence electrons. The van der Waals surface area contributed by atoms with Crippen molar-refractivity contribution in [1.29, 1.82) is 0 Å². The lowest BCUT2D eigenvalue weighted by atomic mass is 10.0. The molecule has 2 atom stereocenters. The highest BCUT2D eigenvalue weighted by Crippen LogP contribution is 2.38. The van der Waals surface area contributed by atoms with Gasteiger partial charge in [-0.25, -0.2) is 9.97 Å². The molecule has 32 heavy (non-hydrogen) atoms. The van der Waals surface area contributed by atoms with Crippen LogP contribution in [0.1, 0.15) is 49.1 Å². The van der Waals surface area contributed by atoms with Crippen LogP contribution < -0.4 is 11.1 Å². The number of hydrogen-bond acceptors (Lipinski definition) is 7. The van der Waals surface area contributed by atoms with Crippen LogP contribution in [0.5, 0.6) is 0 Å². The molecule has 2 aromatic heterocycles. The monoisotopic (exact) mass is 470 g/mol. The fraction of sp³-hybridized carbons (Fsp3) is 0.458. The molecule has 1 aromatic carbocycles. The van der Waals surface area contributed by atoms with Gasteiger partial charge < -0.3 is 15.8 Å². The molecule has 1 amide bonds. The number of amides is 1. The number of nitrogens with one attached hydrogen (secondary N) is 1. The Bertz CT molecular complexity index is 1070. The number of benzene rings is 1. The third kappa shape index (κ3) is 5.60. The summed E-state index contributed by atoms with van der Waals surface area (Å²) in [6.07, 6.45) is 5.10. The van der Waals surface area contributed by atoms with E-state index in [0.717, 1.165) is 42.3 Å². The first-order valence-electron chi connectivity index (χ1n) is 11.2. The number of ether oxygens (including phenoxy) is 1. The summed E-state index contributed by atoms with van der Waals surface area (Å²) in [5.41, 5.74) is 8.85. The van der Waals surface area contributed by atoms with Gasteiger partial charge in [0.2, 0.25) is 5.91 Å². The molecule has 4 rings (SSSR count). The summed E-state index contributed by atoms with van der Waals surface area (Å²) < 4.78 is 5.97. The minimum absolute atomic E-state index is 0.0147. The molecule has 1 aliphatic rings. The first kappa shape index (κ1) is 23.0. The van der Waals surface area contributed by atoms with Crippen molar-refractivity contribution >= 4 is 45.0 Å². The van der Waals surface area contributed by atoms with Crippen LogP contribution in [0.3, 0.4) is 0 Å². The summed E-state index contributed by atoms with van der Waals surface area (Å²) in [7, 11) is 0. The summed E-state index contributed by atoms with van der Waals surface area (Å²) in [5.74, 6) is 0.760. The summed E-state index contributed by atoms with van der Waals surface area (Å²) in [6, 6.07) is 10.4. The smallest absolute Gasteiger partial charge is 0.230 e. The van der Waals surface area contributed by atoms with Crippen LogP contribution in [0.2, 0.25) is 0 Å². The molecule has 0 spiro atoms. The number of aryl methyl sites for hydroxylation is 1. The molecular formula is C24H30N4O2S2. The van der Waals surface area contributed by atoms with Crippen LogP contribution >= 0.6 is 23.1 Å². The first-order chi connectivity index (χ1) is 15.5. The van der Waals surface area contributed by atoms with Crippen LogP contribution in [0.25, 0.3) is 10.2 Å². The summed E-state index contributed by atoms with van der Waals surface area (Å²) in [6.45, 7) is 4.83. The normalized spacial score (nSPS) is 16.6. The number of aromatic nitrogens is 2. The highest BCUT2D eigenvalue weighted by molar-refractivity contribution is 7.99. The van der Waals surface area contributed by atoms with Crippen molar-refractivity contribution in [2.24, 2.45) is 0 Å². The average Bonchev–Trinajstić information content (AvgIpc) is 3.15. The zero-order chi connectivity index (χ0) is 22.5. The molecule has 0 saturated carbocycles. The minimum atomic E-state index is -0.0147. The summed E-state index contributed by atoms with van der Waals surface area (Å²) in [4.78, 5) is 23.7. The Morgan fingerprint density at radius 2 is 2.16 bits per heavy atom. The first-order valence-corrected chi connectivity index (χ1v) is 13.0. The van der Waals surface area contributed by atoms with E-state index in [4.69, 9.17) is 15.5 Å². The lowest BCUT2D eigenvalue weighted by Gasteiger charge is -2.22. The molecule has 0 bridgehead atoms. The SMILES string of the molecule is CCC[C@H]1Cc2c(sc3nc(SCC(=O)N[C@H](C)CCc4ccccc4)nc(N)c23)CO1. The van der Waals surface area contributed by atoms with E-state index >= 15 is 0 Å². The van der Waals surface area contributed by atoms with Crippen molar-refractivity contribution in [3.8, 4) is 0 Å². The second-order valence-corrected chi connectivity index (χ2v) is 10.3. The van der Waals surface area contributed by atoms with E-state index < -0.39 is 0 Å². The third-order valence-electron chi connectivity index (χ3n) is 5.68. The molecule has 3 heterocycles. The maximum atomic E-state index is 12.4. The van der Waals surface area contributed by atoms with Gasteiger partial charge in [-0.1, -0.05) is 55.4 Å². The fourth-order valence-corrected chi connectivity index (χ4v) is 5.89. The Hall–Kier alpha value is -2.16. The average molecular weight is 471 g/mol. The number of hydrogen-bond donors (Lipinski definition) is 2. The molecule has 0 saturated heterocycles. The van der Waals surface area contributed by atoms with Crippen LogP contribution in [0.15, 0.2) is 35.5 Å². The minimum Gasteiger partial charge on any atom is -0.383 e. The zero-order valence-corrected chi connectivity index (χ0v) is 20.2. The number of thiophene rings is 1. The maximum absolute atomic E-state index is 12.4. The second kappa shape index (κ2) is 10.6. The lowest BCUT2D eigenvalue weighted by molar-refractivity contribution is -0.119. The van der Waals surface area contributed by atoms with Gasteiger partial charge in [0.25, 0.3) is 0 Å². The van der Waals surface area contributed by atoms with Gasteiger partial charge in [-0.3, -0.25) is 4.79 Å². The number of nitrogens with two attached hydrogens (primary N) is 1. The van der Waals surface area contributed by atoms with E-state index in [-0.39, 0.29) is 23.8 Å². The maximum Gasteiger partial charge on any atom is 0.230 e. The van der Waals surface area contributed by atoms with Gasteiger partial charge in [0.15, 0.2) is 5.16 Å². The van der Waals surface area contributed by atoms with Gasteiger partial charge in [0.05, 0.1) is 23.8 Å². The molecule has 6 nitrogen and oxygen atoms in total. The van der Waals surface area contributed by atoms with Crippen LogP contribution in [-0.2, 0) is 29.0 Å². The zero-order valence-electron chi connectivity index (χ0n) is 18.6. The van der Waals surface area contributed by atoms with Crippen molar-refractivity contribution in [1.82, 2.24) is 15.3 Å². The van der Waals surface area contributed by atoms with E-state index in [2.05, 4.69) is 29.4 Å². The number of carbonyl (C=O) groups excluding carboxylic acids is 1. The topological polar surface area (TPSA) is 90.1 Å². The van der Waals surface area contributed by atoms with Crippen molar-refractivity contribution < 1.29 is 9.53 Å². The quantitative estimate of drug-likeness (QED) is 0.347. The number of anilines is 1. The van der Waals surface area contributed by atoms with Gasteiger partial charge >= 0.3 is 0 Å². The van der Waals surface area contributed by atoms with Crippen molar-refractivity contribution in [2.45, 2.75) is 69.9 Å². The largest absolute Gasteiger partial charge is 0.383 e. The van der Waals surface area contributed by atoms with E-state index in [9.17, 15) is 4.79 Å². The van der Waals surface area contributed by atoms with Gasteiger partial charge in [0, 0.05) is 17.3 Å². The lowest BCUT2D eigenvalue weighted by Crippen LogP contribution is -2.34. The van der Waals surface area contributed by atoms with Crippen molar-refractivity contribution in [2.75, 3.05) is 11.5 Å². The molecule has 8 heteroatoms. The second-order valence-electron chi connectivity index (χ2n) is 8.28. The Kier molecular flexibility index (Phi) is 7.65. The van der Waals surface area contributed by atoms with E-state index in [1.54, 1.807) is 11.3 Å². The van der Waals surface area contributed by atoms with Gasteiger partial charge in [-0.15, -0.1) is 11.3 Å². The number of carbonyl (C=O) groups is 1. The van der Waals surface area contributed by atoms with Gasteiger partial charge in [-0.05, 0) is 37.3 Å². The molecular weight excluding hydrogens is 440 g/mol. The summed E-state index contributed by atoms with van der Waals surface area (Å²) >= 11 is 2.96. The van der Waals surface area contributed by atoms with E-state index in [0.29, 0.717) is 17.6 Å². The molecule has 0 fully saturated rings. The molecule has 3 N–H and O–H groups in total. The predicted octanol–water partition coefficient (Wildman–Crippen LogP) is 4.74. The van der Waals surface area contributed by atoms with Crippen LogP contribution in [0.4, 0.5) is 5.82 Å². The van der Waals surface area contributed by atoms with Gasteiger partial charge in [0.1, 0.15) is 10.6 Å². The number of rotatable bonds is 9. The molecule has 3 aromatic rings. The Morgan fingerprint density at radius 1 is 1.34 bits per heavy atom. The Morgan fingerprint density at radius 3 is 2.94 bits per heavy atom. The highest BCUT2D eigenvalue weighted by atomic mass is 32.2. The number of nitrogens with zero attached hydrogens (tertiary/aromatic N) is 2. The predicted molar refractivity (Wildman–Crippen MR) is 132 cm³/mol. The van der Waals surface area contributed by atoms with E-state index in [1.807, 2.05) is 25.1 Å². The Balaban J connectivity index is 1.34. The van der Waals surface area contributed by atoms with Gasteiger partial charge in [-0.2, -0.15) is 0 Å². The van der Waals surface area contributed by atoms with Crippen molar-refractivity contribution in [3.05, 3.63) is 46.3 Å². The van der Waals surface area contributed by atoms with Crippen LogP contribution in [-0.4, -0.2) is 33.8 Å². The highest BCUT2D eigenvalue weighted by Gasteiger charge is 2.25. The standard InChI is InChI=1S/C24H30N4O2S2/c1-3-7-17-12-18-19(13-30-17)32-23-21(18)22(25)27-24(28-23)31-14-20(29)26-15(2)10-11-16-8-5-4-6-9-16/h4-6,8-9,15,17H,3,7,10-14H2,1-2H3,(H,26,29)(H2,25,27,28)/t15-,17+/m1/s1. The fourth-order valence-electron chi connectivity index (χ4n) is 4.04. The molecule has 0 aliphatic carbocycles. The Labute approximate surface area is 197 Å². The number of fused-ring (bicyclic) bond motifs is 3. The number of nitrogen functional groups attached to an aromatic ring is 1. The molecule has 1 aliphatic heterocycles. The number of thioether (sulfide) groups is 1. The van der Waals surface area contributed by atoms with Crippen LogP contribution in [0, 0.1) is 0 Å². The van der Waals surface area contributed by atoms with Crippen molar-refractivity contribution in [3.63, 3.8) is 0 Å². The summed E-state index contributed by atoms with van der Waals surface area (Å²) in [5, 5.41) is 4.59. The molecule has 0 unspecified atom stereocenters. The molecule has 0 radical (unpaired) electrons.